The monoisotopic (exact) mass is 408 g/mol. The molecule has 6 rings (SSSR count). The van der Waals surface area contributed by atoms with E-state index in [2.05, 4.69) is 37.8 Å². The minimum atomic E-state index is -0.0134. The van der Waals surface area contributed by atoms with Crippen molar-refractivity contribution in [3.05, 3.63) is 34.4 Å². The maximum absolute atomic E-state index is 12.8. The van der Waals surface area contributed by atoms with E-state index in [-0.39, 0.29) is 17.1 Å². The van der Waals surface area contributed by atoms with E-state index in [1.54, 1.807) is 11.6 Å². The molecule has 1 amide bonds. The number of hydrogen-bond acceptors (Lipinski definition) is 3. The van der Waals surface area contributed by atoms with Gasteiger partial charge in [0.1, 0.15) is 0 Å². The molecule has 0 radical (unpaired) electrons. The predicted octanol–water partition coefficient (Wildman–Crippen LogP) is 3.59. The summed E-state index contributed by atoms with van der Waals surface area (Å²) in [6.07, 6.45) is 7.57. The fourth-order valence-electron chi connectivity index (χ4n) is 5.09. The summed E-state index contributed by atoms with van der Waals surface area (Å²) >= 11 is 0. The smallest absolute Gasteiger partial charge is 0.330 e. The highest BCUT2D eigenvalue weighted by atomic mass is 16.2. The lowest BCUT2D eigenvalue weighted by molar-refractivity contribution is -0.135. The largest absolute Gasteiger partial charge is 0.336 e. The summed E-state index contributed by atoms with van der Waals surface area (Å²) in [5, 5.41) is 0. The highest BCUT2D eigenvalue weighted by Crippen LogP contribution is 2.41. The van der Waals surface area contributed by atoms with Crippen molar-refractivity contribution < 1.29 is 4.79 Å². The van der Waals surface area contributed by atoms with Crippen molar-refractivity contribution in [3.8, 4) is 0 Å². The average Bonchev–Trinajstić information content (AvgIpc) is 3.50. The number of amides is 1. The second kappa shape index (κ2) is 6.82. The van der Waals surface area contributed by atoms with Crippen molar-refractivity contribution >= 4 is 22.6 Å². The van der Waals surface area contributed by atoms with Crippen LogP contribution in [0.25, 0.3) is 16.7 Å². The van der Waals surface area contributed by atoms with Gasteiger partial charge in [-0.2, -0.15) is 0 Å². The van der Waals surface area contributed by atoms with Crippen molar-refractivity contribution in [1.29, 1.82) is 0 Å². The van der Waals surface area contributed by atoms with Gasteiger partial charge in [-0.25, -0.2) is 9.78 Å². The van der Waals surface area contributed by atoms with Gasteiger partial charge in [0.2, 0.25) is 5.91 Å². The molecule has 160 valence electrons. The number of carbonyl (C=O) groups excluding carboxylic acids is 1. The SMILES string of the molecule is Cn1c(=O)n(CC(C)(C)C)c2ccc(C3=CC4CCC3CN4C(=O)CC3CC3)nc21. The van der Waals surface area contributed by atoms with Crippen LogP contribution in [0, 0.1) is 17.3 Å². The molecule has 1 saturated carbocycles. The molecule has 2 aliphatic carbocycles. The van der Waals surface area contributed by atoms with E-state index in [0.717, 1.165) is 42.7 Å². The van der Waals surface area contributed by atoms with Gasteiger partial charge in [0.05, 0.1) is 17.3 Å². The molecule has 6 heteroatoms. The number of aryl methyl sites for hydroxylation is 1. The van der Waals surface area contributed by atoms with Gasteiger partial charge in [-0.1, -0.05) is 26.8 Å². The van der Waals surface area contributed by atoms with E-state index in [1.807, 2.05) is 10.6 Å². The number of carbonyl (C=O) groups is 1. The van der Waals surface area contributed by atoms with Crippen LogP contribution in [0.5, 0.6) is 0 Å². The molecule has 2 atom stereocenters. The number of fused-ring (bicyclic) bond motifs is 3. The Kier molecular flexibility index (Phi) is 4.46. The van der Waals surface area contributed by atoms with Crippen LogP contribution >= 0.6 is 0 Å². The van der Waals surface area contributed by atoms with Crippen molar-refractivity contribution in [2.24, 2.45) is 24.3 Å². The third-order valence-corrected chi connectivity index (χ3v) is 6.83. The van der Waals surface area contributed by atoms with Crippen LogP contribution in [0.15, 0.2) is 23.0 Å². The fourth-order valence-corrected chi connectivity index (χ4v) is 5.09. The minimum absolute atomic E-state index is 0.0122. The van der Waals surface area contributed by atoms with E-state index in [9.17, 15) is 9.59 Å². The second-order valence-corrected chi connectivity index (χ2v) is 10.7. The second-order valence-electron chi connectivity index (χ2n) is 10.7. The molecule has 0 spiro atoms. The molecule has 0 N–H and O–H groups in total. The zero-order valence-corrected chi connectivity index (χ0v) is 18.5. The summed E-state index contributed by atoms with van der Waals surface area (Å²) in [4.78, 5) is 32.5. The molecule has 6 nitrogen and oxygen atoms in total. The summed E-state index contributed by atoms with van der Waals surface area (Å²) in [5.41, 5.74) is 3.84. The first-order valence-electron chi connectivity index (χ1n) is 11.3. The molecule has 30 heavy (non-hydrogen) atoms. The van der Waals surface area contributed by atoms with E-state index < -0.39 is 0 Å². The normalized spacial score (nSPS) is 23.9. The zero-order chi connectivity index (χ0) is 21.2. The fraction of sp³-hybridized carbons (Fsp3) is 0.625. The van der Waals surface area contributed by atoms with Gasteiger partial charge in [0, 0.05) is 32.5 Å². The number of imidazole rings is 1. The lowest BCUT2D eigenvalue weighted by atomic mass is 9.78. The molecular formula is C24H32N4O2. The van der Waals surface area contributed by atoms with Crippen LogP contribution in [0.2, 0.25) is 0 Å². The topological polar surface area (TPSA) is 60.1 Å². The maximum Gasteiger partial charge on any atom is 0.330 e. The molecule has 2 aliphatic heterocycles. The van der Waals surface area contributed by atoms with E-state index in [4.69, 9.17) is 4.98 Å². The Bertz CT molecular complexity index is 1100. The predicted molar refractivity (Wildman–Crippen MR) is 118 cm³/mol. The molecule has 4 heterocycles. The van der Waals surface area contributed by atoms with Gasteiger partial charge in [0.15, 0.2) is 5.65 Å². The van der Waals surface area contributed by atoms with Gasteiger partial charge >= 0.3 is 5.69 Å². The van der Waals surface area contributed by atoms with Crippen molar-refractivity contribution in [1.82, 2.24) is 19.0 Å². The van der Waals surface area contributed by atoms with Gasteiger partial charge in [-0.15, -0.1) is 0 Å². The zero-order valence-electron chi connectivity index (χ0n) is 18.5. The number of piperidine rings is 1. The van der Waals surface area contributed by atoms with Gasteiger partial charge in [-0.05, 0) is 54.7 Å². The van der Waals surface area contributed by atoms with Crippen LogP contribution in [0.1, 0.15) is 58.6 Å². The molecule has 2 aromatic heterocycles. The molecular weight excluding hydrogens is 376 g/mol. The summed E-state index contributed by atoms with van der Waals surface area (Å²) < 4.78 is 3.50. The highest BCUT2D eigenvalue weighted by Gasteiger charge is 2.39. The number of nitrogens with zero attached hydrogens (tertiary/aromatic N) is 4. The maximum atomic E-state index is 12.8. The number of hydrogen-bond donors (Lipinski definition) is 0. The third kappa shape index (κ3) is 3.40. The Morgan fingerprint density at radius 1 is 1.17 bits per heavy atom. The first kappa shape index (κ1) is 19.6. The quantitative estimate of drug-likeness (QED) is 0.777. The molecule has 0 aromatic carbocycles. The van der Waals surface area contributed by atoms with Crippen molar-refractivity contribution in [3.63, 3.8) is 0 Å². The summed E-state index contributed by atoms with van der Waals surface area (Å²) in [7, 11) is 1.81. The first-order valence-corrected chi connectivity index (χ1v) is 11.3. The molecule has 2 aromatic rings. The summed E-state index contributed by atoms with van der Waals surface area (Å²) in [5.74, 6) is 1.30. The van der Waals surface area contributed by atoms with Crippen LogP contribution in [-0.4, -0.2) is 37.5 Å². The summed E-state index contributed by atoms with van der Waals surface area (Å²) in [6.45, 7) is 7.89. The lowest BCUT2D eigenvalue weighted by Gasteiger charge is -2.44. The van der Waals surface area contributed by atoms with Crippen LogP contribution in [0.4, 0.5) is 0 Å². The van der Waals surface area contributed by atoms with Crippen LogP contribution in [-0.2, 0) is 18.4 Å². The van der Waals surface area contributed by atoms with E-state index in [1.165, 1.54) is 18.4 Å². The minimum Gasteiger partial charge on any atom is -0.336 e. The molecule has 2 fully saturated rings. The lowest BCUT2D eigenvalue weighted by Crippen LogP contribution is -2.49. The average molecular weight is 409 g/mol. The standard InChI is InChI=1S/C24H32N4O2/c1-24(2,3)14-28-20-10-9-19(25-22(20)26(4)23(28)30)18-12-17-8-7-16(18)13-27(17)21(29)11-15-5-6-15/h9-10,12,15-17H,5-8,11,13-14H2,1-4H3. The van der Waals surface area contributed by atoms with E-state index in [0.29, 0.717) is 24.3 Å². The highest BCUT2D eigenvalue weighted by molar-refractivity contribution is 5.81. The summed E-state index contributed by atoms with van der Waals surface area (Å²) in [6, 6.07) is 4.30. The van der Waals surface area contributed by atoms with Gasteiger partial charge < -0.3 is 4.90 Å². The van der Waals surface area contributed by atoms with Gasteiger partial charge in [0.25, 0.3) is 0 Å². The van der Waals surface area contributed by atoms with Crippen LogP contribution < -0.4 is 5.69 Å². The van der Waals surface area contributed by atoms with E-state index >= 15 is 0 Å². The Hall–Kier alpha value is -2.37. The molecule has 2 bridgehead atoms. The Morgan fingerprint density at radius 2 is 1.93 bits per heavy atom. The van der Waals surface area contributed by atoms with Crippen molar-refractivity contribution in [2.45, 2.75) is 65.5 Å². The van der Waals surface area contributed by atoms with Crippen molar-refractivity contribution in [2.75, 3.05) is 6.54 Å². The molecule has 4 aliphatic rings. The number of pyridine rings is 1. The van der Waals surface area contributed by atoms with Gasteiger partial charge in [-0.3, -0.25) is 13.9 Å². The number of rotatable bonds is 4. The Morgan fingerprint density at radius 3 is 2.57 bits per heavy atom. The molecule has 1 saturated heterocycles. The Labute approximate surface area is 177 Å². The molecule has 2 unspecified atom stereocenters. The first-order chi connectivity index (χ1) is 14.2. The van der Waals surface area contributed by atoms with Crippen LogP contribution in [0.3, 0.4) is 0 Å². The Balaban J connectivity index is 1.47. The third-order valence-electron chi connectivity index (χ3n) is 6.83. The number of aromatic nitrogens is 3.